The second-order valence-electron chi connectivity index (χ2n) is 8.87. The van der Waals surface area contributed by atoms with Crippen LogP contribution in [0, 0.1) is 5.92 Å². The van der Waals surface area contributed by atoms with E-state index in [0.29, 0.717) is 12.3 Å². The number of rotatable bonds is 8. The van der Waals surface area contributed by atoms with E-state index in [1.165, 1.54) is 5.56 Å². The zero-order valence-electron chi connectivity index (χ0n) is 17.3. The van der Waals surface area contributed by atoms with Crippen LogP contribution in [0.3, 0.4) is 0 Å². The number of nitrogens with zero attached hydrogens (tertiary/aromatic N) is 2. The fraction of sp³-hybridized carbons (Fsp3) is 0.714. The quantitative estimate of drug-likeness (QED) is 0.717. The van der Waals surface area contributed by atoms with E-state index >= 15 is 0 Å². The van der Waals surface area contributed by atoms with Gasteiger partial charge in [-0.05, 0) is 69.3 Å². The van der Waals surface area contributed by atoms with Crippen molar-refractivity contribution >= 4 is 5.78 Å². The number of ketones is 1. The molecule has 0 aliphatic rings. The highest BCUT2D eigenvalue weighted by Gasteiger charge is 2.24. The first kappa shape index (κ1) is 21.6. The van der Waals surface area contributed by atoms with Crippen LogP contribution in [-0.4, -0.2) is 35.9 Å². The van der Waals surface area contributed by atoms with E-state index in [9.17, 15) is 9.59 Å². The molecule has 4 heteroatoms. The molecule has 0 spiro atoms. The van der Waals surface area contributed by atoms with Crippen molar-refractivity contribution in [2.45, 2.75) is 72.3 Å². The lowest BCUT2D eigenvalue weighted by molar-refractivity contribution is -0.120. The lowest BCUT2D eigenvalue weighted by Gasteiger charge is -2.26. The standard InChI is InChI=1S/C21H36N2O2/c1-15(2)12-19(16(3)24)23-14-17(10-9-11-22(7)8)18(13-20(23)25)21(4,5)6/h13-15,19H,9-12H2,1-8H3/t19-/m0/s1. The van der Waals surface area contributed by atoms with Crippen molar-refractivity contribution in [3.8, 4) is 0 Å². The summed E-state index contributed by atoms with van der Waals surface area (Å²) in [5.74, 6) is 0.416. The predicted octanol–water partition coefficient (Wildman–Crippen LogP) is 3.82. The molecule has 0 bridgehead atoms. The van der Waals surface area contributed by atoms with Crippen molar-refractivity contribution in [3.63, 3.8) is 0 Å². The van der Waals surface area contributed by atoms with Gasteiger partial charge in [-0.2, -0.15) is 0 Å². The van der Waals surface area contributed by atoms with Gasteiger partial charge in [0.05, 0.1) is 6.04 Å². The number of aromatic nitrogens is 1. The summed E-state index contributed by atoms with van der Waals surface area (Å²) in [5, 5.41) is 0. The summed E-state index contributed by atoms with van der Waals surface area (Å²) in [4.78, 5) is 27.1. The lowest BCUT2D eigenvalue weighted by atomic mass is 9.83. The molecule has 0 unspecified atom stereocenters. The summed E-state index contributed by atoms with van der Waals surface area (Å²) < 4.78 is 1.67. The van der Waals surface area contributed by atoms with Crippen molar-refractivity contribution in [2.75, 3.05) is 20.6 Å². The van der Waals surface area contributed by atoms with Gasteiger partial charge in [0, 0.05) is 12.3 Å². The molecule has 1 aromatic heterocycles. The third-order valence-electron chi connectivity index (χ3n) is 4.52. The van der Waals surface area contributed by atoms with Crippen molar-refractivity contribution in [2.24, 2.45) is 5.92 Å². The van der Waals surface area contributed by atoms with Gasteiger partial charge in [-0.25, -0.2) is 0 Å². The van der Waals surface area contributed by atoms with Crippen LogP contribution in [0.25, 0.3) is 0 Å². The summed E-state index contributed by atoms with van der Waals surface area (Å²) >= 11 is 0. The van der Waals surface area contributed by atoms with Gasteiger partial charge in [-0.1, -0.05) is 34.6 Å². The molecule has 25 heavy (non-hydrogen) atoms. The number of aryl methyl sites for hydroxylation is 1. The van der Waals surface area contributed by atoms with E-state index in [1.54, 1.807) is 17.6 Å². The first-order chi connectivity index (χ1) is 11.4. The molecule has 0 saturated heterocycles. The van der Waals surface area contributed by atoms with Crippen LogP contribution in [0.4, 0.5) is 0 Å². The minimum absolute atomic E-state index is 0.0542. The fourth-order valence-electron chi connectivity index (χ4n) is 3.24. The van der Waals surface area contributed by atoms with Crippen LogP contribution >= 0.6 is 0 Å². The maximum absolute atomic E-state index is 12.8. The van der Waals surface area contributed by atoms with Gasteiger partial charge in [0.15, 0.2) is 5.78 Å². The Hall–Kier alpha value is -1.42. The highest BCUT2D eigenvalue weighted by atomic mass is 16.1. The molecule has 1 atom stereocenters. The predicted molar refractivity (Wildman–Crippen MR) is 105 cm³/mol. The van der Waals surface area contributed by atoms with Gasteiger partial charge < -0.3 is 9.47 Å². The van der Waals surface area contributed by atoms with Crippen LogP contribution in [0.1, 0.15) is 71.6 Å². The molecular weight excluding hydrogens is 312 g/mol. The van der Waals surface area contributed by atoms with Gasteiger partial charge in [0.25, 0.3) is 5.56 Å². The Bertz CT molecular complexity index is 636. The van der Waals surface area contributed by atoms with E-state index in [-0.39, 0.29) is 22.8 Å². The molecule has 0 amide bonds. The van der Waals surface area contributed by atoms with Gasteiger partial charge >= 0.3 is 0 Å². The molecule has 0 saturated carbocycles. The molecule has 0 radical (unpaired) electrons. The second-order valence-corrected chi connectivity index (χ2v) is 8.87. The second kappa shape index (κ2) is 8.79. The first-order valence-corrected chi connectivity index (χ1v) is 9.34. The molecule has 0 aliphatic carbocycles. The molecule has 0 fully saturated rings. The Morgan fingerprint density at radius 3 is 2.28 bits per heavy atom. The minimum atomic E-state index is -0.367. The van der Waals surface area contributed by atoms with Gasteiger partial charge in [0.1, 0.15) is 0 Å². The monoisotopic (exact) mass is 348 g/mol. The van der Waals surface area contributed by atoms with Crippen LogP contribution in [0.5, 0.6) is 0 Å². The molecule has 1 heterocycles. The molecule has 1 aromatic rings. The summed E-state index contributed by atoms with van der Waals surface area (Å²) in [5.41, 5.74) is 2.13. The fourth-order valence-corrected chi connectivity index (χ4v) is 3.24. The van der Waals surface area contributed by atoms with Crippen LogP contribution in [0.15, 0.2) is 17.1 Å². The van der Waals surface area contributed by atoms with Gasteiger partial charge in [-0.3, -0.25) is 9.59 Å². The number of pyridine rings is 1. The molecule has 1 rings (SSSR count). The Kier molecular flexibility index (Phi) is 7.61. The average Bonchev–Trinajstić information content (AvgIpc) is 2.44. The Morgan fingerprint density at radius 2 is 1.84 bits per heavy atom. The highest BCUT2D eigenvalue weighted by molar-refractivity contribution is 5.80. The summed E-state index contributed by atoms with van der Waals surface area (Å²) in [6.07, 6.45) is 4.59. The normalized spacial score (nSPS) is 13.5. The summed E-state index contributed by atoms with van der Waals surface area (Å²) in [6, 6.07) is 1.38. The molecule has 4 nitrogen and oxygen atoms in total. The summed E-state index contributed by atoms with van der Waals surface area (Å²) in [7, 11) is 4.14. The maximum atomic E-state index is 12.8. The van der Waals surface area contributed by atoms with Crippen LogP contribution < -0.4 is 5.56 Å². The minimum Gasteiger partial charge on any atom is -0.309 e. The first-order valence-electron chi connectivity index (χ1n) is 9.34. The molecule has 142 valence electrons. The molecule has 0 aliphatic heterocycles. The number of carbonyl (C=O) groups is 1. The third kappa shape index (κ3) is 6.43. The maximum Gasteiger partial charge on any atom is 0.251 e. The van der Waals surface area contributed by atoms with E-state index in [4.69, 9.17) is 0 Å². The zero-order chi connectivity index (χ0) is 19.4. The van der Waals surface area contributed by atoms with E-state index in [2.05, 4.69) is 53.6 Å². The Labute approximate surface area is 153 Å². The highest BCUT2D eigenvalue weighted by Crippen LogP contribution is 2.27. The van der Waals surface area contributed by atoms with Crippen LogP contribution in [0.2, 0.25) is 0 Å². The molecule has 0 aromatic carbocycles. The molecular formula is C21H36N2O2. The Morgan fingerprint density at radius 1 is 1.24 bits per heavy atom. The Balaban J connectivity index is 3.35. The van der Waals surface area contributed by atoms with Crippen molar-refractivity contribution in [1.29, 1.82) is 0 Å². The third-order valence-corrected chi connectivity index (χ3v) is 4.52. The lowest BCUT2D eigenvalue weighted by Crippen LogP contribution is -2.32. The molecule has 0 N–H and O–H groups in total. The zero-order valence-corrected chi connectivity index (χ0v) is 17.3. The largest absolute Gasteiger partial charge is 0.309 e. The average molecular weight is 349 g/mol. The number of hydrogen-bond acceptors (Lipinski definition) is 3. The van der Waals surface area contributed by atoms with E-state index in [0.717, 1.165) is 24.9 Å². The van der Waals surface area contributed by atoms with Crippen molar-refractivity contribution in [1.82, 2.24) is 9.47 Å². The topological polar surface area (TPSA) is 42.3 Å². The number of carbonyl (C=O) groups excluding carboxylic acids is 1. The summed E-state index contributed by atoms with van der Waals surface area (Å²) in [6.45, 7) is 13.2. The van der Waals surface area contributed by atoms with Crippen LogP contribution in [-0.2, 0) is 16.6 Å². The SMILES string of the molecule is CC(=O)[C@H](CC(C)C)n1cc(CCCN(C)C)c(C(C)(C)C)cc1=O. The number of hydrogen-bond donors (Lipinski definition) is 0. The van der Waals surface area contributed by atoms with Crippen molar-refractivity contribution < 1.29 is 4.79 Å². The van der Waals surface area contributed by atoms with Crippen molar-refractivity contribution in [3.05, 3.63) is 33.7 Å². The van der Waals surface area contributed by atoms with Gasteiger partial charge in [-0.15, -0.1) is 0 Å². The van der Waals surface area contributed by atoms with E-state index in [1.807, 2.05) is 6.20 Å². The van der Waals surface area contributed by atoms with E-state index < -0.39 is 0 Å². The smallest absolute Gasteiger partial charge is 0.251 e. The van der Waals surface area contributed by atoms with Gasteiger partial charge in [0.2, 0.25) is 0 Å². The number of Topliss-reactive ketones (excluding diaryl/α,β-unsaturated/α-hetero) is 1.